The largest absolute Gasteiger partial charge is 0.519 e. The van der Waals surface area contributed by atoms with Gasteiger partial charge in [0.2, 0.25) is 0 Å². The molecule has 0 saturated heterocycles. The Labute approximate surface area is 254 Å². The van der Waals surface area contributed by atoms with Crippen LogP contribution in [0.5, 0.6) is 0 Å². The Hall–Kier alpha value is -4.15. The number of carbonyl (C=O) groups is 1. The lowest BCUT2D eigenvalue weighted by atomic mass is 9.91. The van der Waals surface area contributed by atoms with Crippen LogP contribution in [0, 0.1) is 27.7 Å². The lowest BCUT2D eigenvalue weighted by molar-refractivity contribution is -0.169. The molecule has 0 N–H and O–H groups in total. The van der Waals surface area contributed by atoms with Crippen molar-refractivity contribution in [3.63, 3.8) is 0 Å². The zero-order valence-electron chi connectivity index (χ0n) is 25.6. The minimum absolute atomic E-state index is 0.134. The van der Waals surface area contributed by atoms with E-state index in [0.29, 0.717) is 22.8 Å². The highest BCUT2D eigenvalue weighted by molar-refractivity contribution is 6.30. The molecule has 0 aliphatic heterocycles. The molecule has 0 aliphatic carbocycles. The van der Waals surface area contributed by atoms with Crippen molar-refractivity contribution in [1.82, 2.24) is 19.3 Å². The third kappa shape index (κ3) is 6.16. The number of halogens is 1. The topological polar surface area (TPSA) is 115 Å². The minimum Gasteiger partial charge on any atom is -0.455 e. The van der Waals surface area contributed by atoms with Gasteiger partial charge in [-0.2, -0.15) is 5.10 Å². The zero-order valence-corrected chi connectivity index (χ0v) is 26.3. The van der Waals surface area contributed by atoms with Crippen molar-refractivity contribution < 1.29 is 23.1 Å². The average Bonchev–Trinajstić information content (AvgIpc) is 3.56. The number of hydrogen-bond acceptors (Lipinski definition) is 8. The van der Waals surface area contributed by atoms with E-state index < -0.39 is 23.5 Å². The second-order valence-corrected chi connectivity index (χ2v) is 12.1. The molecule has 5 rings (SSSR count). The van der Waals surface area contributed by atoms with Crippen LogP contribution < -0.4 is 5.82 Å². The van der Waals surface area contributed by atoms with Gasteiger partial charge in [-0.15, -0.1) is 0 Å². The van der Waals surface area contributed by atoms with Crippen LogP contribution >= 0.6 is 11.6 Å². The molecule has 43 heavy (non-hydrogen) atoms. The summed E-state index contributed by atoms with van der Waals surface area (Å²) >= 11 is 6.29. The molecule has 0 unspecified atom stereocenters. The first kappa shape index (κ1) is 30.3. The highest BCUT2D eigenvalue weighted by atomic mass is 35.5. The molecule has 10 nitrogen and oxygen atoms in total. The molecule has 0 spiro atoms. The molecule has 1 aromatic carbocycles. The fourth-order valence-corrected chi connectivity index (χ4v) is 5.38. The lowest BCUT2D eigenvalue weighted by Crippen LogP contribution is -2.30. The van der Waals surface area contributed by atoms with Gasteiger partial charge in [-0.1, -0.05) is 23.7 Å². The van der Waals surface area contributed by atoms with Crippen molar-refractivity contribution >= 4 is 28.6 Å². The fourth-order valence-electron chi connectivity index (χ4n) is 5.26. The number of ether oxygens (including phenoxy) is 2. The number of aryl methyl sites for hydroxylation is 4. The maximum absolute atomic E-state index is 13.9. The van der Waals surface area contributed by atoms with E-state index in [2.05, 4.69) is 23.5 Å². The van der Waals surface area contributed by atoms with Crippen LogP contribution in [-0.2, 0) is 34.5 Å². The minimum atomic E-state index is -1.15. The van der Waals surface area contributed by atoms with Gasteiger partial charge in [-0.05, 0) is 71.7 Å². The van der Waals surface area contributed by atoms with Gasteiger partial charge in [0.05, 0.1) is 18.3 Å². The second-order valence-electron chi connectivity index (χ2n) is 11.7. The van der Waals surface area contributed by atoms with Gasteiger partial charge >= 0.3 is 11.8 Å². The molecular formula is C32H35ClN4O6. The Bertz CT molecular complexity index is 1870. The number of nitrogens with zero attached hydrogens (tertiary/aromatic N) is 4. The fraction of sp³-hybridized carbons (Fsp3) is 0.375. The predicted octanol–water partition coefficient (Wildman–Crippen LogP) is 6.52. The first-order valence-electron chi connectivity index (χ1n) is 13.9. The summed E-state index contributed by atoms with van der Waals surface area (Å²) in [4.78, 5) is 30.5. The third-order valence-corrected chi connectivity index (χ3v) is 7.60. The summed E-state index contributed by atoms with van der Waals surface area (Å²) in [6.45, 7) is 13.5. The highest BCUT2D eigenvalue weighted by Crippen LogP contribution is 2.42. The summed E-state index contributed by atoms with van der Waals surface area (Å²) in [5.74, 6) is -1.13. The smallest absolute Gasteiger partial charge is 0.455 e. The highest BCUT2D eigenvalue weighted by Gasteiger charge is 2.35. The molecule has 0 fully saturated rings. The quantitative estimate of drug-likeness (QED) is 0.183. The van der Waals surface area contributed by atoms with Gasteiger partial charge in [0.25, 0.3) is 0 Å². The van der Waals surface area contributed by atoms with Crippen molar-refractivity contribution in [3.05, 3.63) is 91.9 Å². The molecule has 4 aromatic heterocycles. The van der Waals surface area contributed by atoms with Gasteiger partial charge in [-0.3, -0.25) is 4.68 Å². The summed E-state index contributed by atoms with van der Waals surface area (Å²) in [7, 11) is 1.89. The average molecular weight is 607 g/mol. The molecule has 0 radical (unpaired) electrons. The van der Waals surface area contributed by atoms with Gasteiger partial charge < -0.3 is 22.9 Å². The standard InChI is InChI=1S/C32H35ClN4O6/c1-17-19(3)37(15-21-13-34-36(8)14-21)29-25(17)27(22-9-11-23(33)12-10-22)26(18(2)35-29)28(43-32(5,6)7)30(38)40-16-24-20(4)41-31(39)42-24/h9-14,28H,15-16H2,1-8H3/t28-/m0/s1. The van der Waals surface area contributed by atoms with Gasteiger partial charge in [-0.25, -0.2) is 14.6 Å². The van der Waals surface area contributed by atoms with E-state index >= 15 is 0 Å². The summed E-state index contributed by atoms with van der Waals surface area (Å²) < 4.78 is 26.0. The van der Waals surface area contributed by atoms with Crippen LogP contribution in [0.3, 0.4) is 0 Å². The SMILES string of the molecule is Cc1nc2c(c(C)c(C)n2Cc2cnn(C)c2)c(-c2ccc(Cl)cc2)c1[C@H](OC(C)(C)C)C(=O)OCc1oc(=O)oc1C. The summed E-state index contributed by atoms with van der Waals surface area (Å²) in [5, 5.41) is 5.82. The molecule has 1 atom stereocenters. The maximum atomic E-state index is 13.9. The van der Waals surface area contributed by atoms with Crippen molar-refractivity contribution in [2.24, 2.45) is 7.05 Å². The van der Waals surface area contributed by atoms with Crippen molar-refractivity contribution in [1.29, 1.82) is 0 Å². The van der Waals surface area contributed by atoms with Crippen molar-refractivity contribution in [2.75, 3.05) is 0 Å². The van der Waals surface area contributed by atoms with E-state index in [1.807, 2.05) is 71.4 Å². The molecule has 226 valence electrons. The molecule has 0 saturated carbocycles. The van der Waals surface area contributed by atoms with Crippen LogP contribution in [0.4, 0.5) is 0 Å². The molecule has 0 amide bonds. The molecular weight excluding hydrogens is 572 g/mol. The Morgan fingerprint density at radius 1 is 1.09 bits per heavy atom. The van der Waals surface area contributed by atoms with E-state index in [1.165, 1.54) is 0 Å². The number of carbonyl (C=O) groups excluding carboxylic acids is 1. The number of esters is 1. The molecule has 5 aromatic rings. The molecule has 4 heterocycles. The maximum Gasteiger partial charge on any atom is 0.519 e. The van der Waals surface area contributed by atoms with Crippen LogP contribution in [0.25, 0.3) is 22.2 Å². The first-order chi connectivity index (χ1) is 20.2. The van der Waals surface area contributed by atoms with E-state index in [0.717, 1.165) is 39.0 Å². The molecule has 0 aliphatic rings. The second kappa shape index (κ2) is 11.5. The van der Waals surface area contributed by atoms with Gasteiger partial charge in [0, 0.05) is 51.7 Å². The third-order valence-electron chi connectivity index (χ3n) is 7.35. The predicted molar refractivity (Wildman–Crippen MR) is 162 cm³/mol. The Morgan fingerprint density at radius 2 is 1.79 bits per heavy atom. The first-order valence-corrected chi connectivity index (χ1v) is 14.3. The van der Waals surface area contributed by atoms with Crippen LogP contribution in [0.2, 0.25) is 5.02 Å². The van der Waals surface area contributed by atoms with Crippen molar-refractivity contribution in [2.45, 2.75) is 73.3 Å². The van der Waals surface area contributed by atoms with Gasteiger partial charge in [0.15, 0.2) is 24.2 Å². The van der Waals surface area contributed by atoms with E-state index in [1.54, 1.807) is 11.6 Å². The Balaban J connectivity index is 1.73. The monoisotopic (exact) mass is 606 g/mol. The number of benzene rings is 1. The zero-order chi connectivity index (χ0) is 31.2. The summed E-state index contributed by atoms with van der Waals surface area (Å²) in [6, 6.07) is 7.49. The molecule has 0 bridgehead atoms. The Morgan fingerprint density at radius 3 is 2.37 bits per heavy atom. The van der Waals surface area contributed by atoms with Crippen LogP contribution in [-0.4, -0.2) is 30.9 Å². The van der Waals surface area contributed by atoms with Crippen molar-refractivity contribution in [3.8, 4) is 11.1 Å². The normalized spacial score (nSPS) is 12.7. The summed E-state index contributed by atoms with van der Waals surface area (Å²) in [5.41, 5.74) is 6.02. The molecule has 11 heteroatoms. The number of aromatic nitrogens is 4. The number of hydrogen-bond donors (Lipinski definition) is 0. The van der Waals surface area contributed by atoms with E-state index in [9.17, 15) is 9.59 Å². The van der Waals surface area contributed by atoms with E-state index in [-0.39, 0.29) is 18.1 Å². The van der Waals surface area contributed by atoms with Crippen LogP contribution in [0.1, 0.15) is 66.5 Å². The number of rotatable bonds is 8. The number of pyridine rings is 1. The Kier molecular flexibility index (Phi) is 8.11. The van der Waals surface area contributed by atoms with Gasteiger partial charge in [0.1, 0.15) is 5.65 Å². The van der Waals surface area contributed by atoms with Crippen LogP contribution in [0.15, 0.2) is 50.3 Å². The summed E-state index contributed by atoms with van der Waals surface area (Å²) in [6.07, 6.45) is 2.67. The lowest BCUT2D eigenvalue weighted by Gasteiger charge is -2.29. The number of fused-ring (bicyclic) bond motifs is 1. The van der Waals surface area contributed by atoms with E-state index in [4.69, 9.17) is 34.9 Å².